The Bertz CT molecular complexity index is 1410. The van der Waals surface area contributed by atoms with E-state index in [0.29, 0.717) is 21.9 Å². The van der Waals surface area contributed by atoms with E-state index in [2.05, 4.69) is 15.4 Å². The molecule has 0 bridgehead atoms. The Hall–Kier alpha value is -3.85. The molecule has 1 amide bonds. The molecular weight excluding hydrogens is 440 g/mol. The second-order valence-electron chi connectivity index (χ2n) is 7.82. The fraction of sp³-hybridized carbons (Fsp3) is 0.208. The molecule has 0 spiro atoms. The van der Waals surface area contributed by atoms with E-state index in [-0.39, 0.29) is 29.6 Å². The fourth-order valence-electron chi connectivity index (χ4n) is 3.15. The molecule has 33 heavy (non-hydrogen) atoms. The van der Waals surface area contributed by atoms with Crippen LogP contribution in [0.25, 0.3) is 4.96 Å². The van der Waals surface area contributed by atoms with Crippen molar-refractivity contribution in [3.05, 3.63) is 92.3 Å². The Morgan fingerprint density at radius 2 is 1.91 bits per heavy atom. The number of fused-ring (bicyclic) bond motifs is 1. The van der Waals surface area contributed by atoms with Gasteiger partial charge in [-0.05, 0) is 31.2 Å². The first kappa shape index (κ1) is 22.3. The SMILES string of the molecule is Cc1cccc(C(=O)Nc2ccccc2C(=O)OCc2cc(=O)n3nc(C(C)C)sc3n2)c1. The van der Waals surface area contributed by atoms with Crippen LogP contribution in [0, 0.1) is 6.92 Å². The molecule has 4 rings (SSSR count). The van der Waals surface area contributed by atoms with Gasteiger partial charge < -0.3 is 10.1 Å². The summed E-state index contributed by atoms with van der Waals surface area (Å²) >= 11 is 1.33. The number of nitrogens with one attached hydrogen (secondary N) is 1. The van der Waals surface area contributed by atoms with Gasteiger partial charge >= 0.3 is 5.97 Å². The first-order chi connectivity index (χ1) is 15.8. The third kappa shape index (κ3) is 4.98. The highest BCUT2D eigenvalue weighted by molar-refractivity contribution is 7.16. The van der Waals surface area contributed by atoms with Gasteiger partial charge in [-0.3, -0.25) is 9.59 Å². The molecule has 0 aliphatic carbocycles. The van der Waals surface area contributed by atoms with Crippen molar-refractivity contribution in [3.8, 4) is 0 Å². The summed E-state index contributed by atoms with van der Waals surface area (Å²) < 4.78 is 6.65. The number of carbonyl (C=O) groups excluding carboxylic acids is 2. The molecule has 0 unspecified atom stereocenters. The molecule has 4 aromatic rings. The number of amides is 1. The number of para-hydroxylation sites is 1. The van der Waals surface area contributed by atoms with Gasteiger partial charge in [0, 0.05) is 17.5 Å². The fourth-order valence-corrected chi connectivity index (χ4v) is 4.07. The molecule has 0 fully saturated rings. The Balaban J connectivity index is 1.50. The van der Waals surface area contributed by atoms with Crippen molar-refractivity contribution in [2.45, 2.75) is 33.3 Å². The normalized spacial score (nSPS) is 11.0. The number of ether oxygens (including phenoxy) is 1. The van der Waals surface area contributed by atoms with E-state index in [1.165, 1.54) is 21.9 Å². The van der Waals surface area contributed by atoms with Crippen LogP contribution in [0.5, 0.6) is 0 Å². The van der Waals surface area contributed by atoms with Gasteiger partial charge in [0.2, 0.25) is 4.96 Å². The minimum Gasteiger partial charge on any atom is -0.456 e. The lowest BCUT2D eigenvalue weighted by atomic mass is 10.1. The topological polar surface area (TPSA) is 103 Å². The van der Waals surface area contributed by atoms with Crippen LogP contribution in [0.3, 0.4) is 0 Å². The minimum atomic E-state index is -0.635. The number of nitrogens with zero attached hydrogens (tertiary/aromatic N) is 3. The summed E-state index contributed by atoms with van der Waals surface area (Å²) in [6.45, 7) is 5.69. The maximum atomic E-state index is 12.8. The zero-order valence-electron chi connectivity index (χ0n) is 18.4. The molecule has 0 saturated carbocycles. The largest absolute Gasteiger partial charge is 0.456 e. The Kier molecular flexibility index (Phi) is 6.32. The number of aryl methyl sites for hydroxylation is 1. The molecule has 8 nitrogen and oxygen atoms in total. The minimum absolute atomic E-state index is 0.170. The van der Waals surface area contributed by atoms with E-state index < -0.39 is 5.97 Å². The summed E-state index contributed by atoms with van der Waals surface area (Å²) in [6, 6.07) is 15.1. The zero-order valence-corrected chi connectivity index (χ0v) is 19.2. The predicted molar refractivity (Wildman–Crippen MR) is 126 cm³/mol. The lowest BCUT2D eigenvalue weighted by Gasteiger charge is -2.11. The van der Waals surface area contributed by atoms with Crippen LogP contribution in [0.2, 0.25) is 0 Å². The van der Waals surface area contributed by atoms with E-state index in [4.69, 9.17) is 4.74 Å². The van der Waals surface area contributed by atoms with Gasteiger partial charge in [0.25, 0.3) is 11.5 Å². The van der Waals surface area contributed by atoms with Crippen molar-refractivity contribution in [1.29, 1.82) is 0 Å². The Morgan fingerprint density at radius 3 is 2.67 bits per heavy atom. The van der Waals surface area contributed by atoms with Crippen molar-refractivity contribution >= 4 is 33.9 Å². The number of hydrogen-bond acceptors (Lipinski definition) is 7. The maximum absolute atomic E-state index is 12.8. The summed E-state index contributed by atoms with van der Waals surface area (Å²) in [5.41, 5.74) is 1.98. The van der Waals surface area contributed by atoms with Gasteiger partial charge in [0.05, 0.1) is 16.9 Å². The summed E-state index contributed by atoms with van der Waals surface area (Å²) in [5, 5.41) is 7.84. The zero-order chi connectivity index (χ0) is 23.5. The van der Waals surface area contributed by atoms with E-state index >= 15 is 0 Å². The smallest absolute Gasteiger partial charge is 0.340 e. The van der Waals surface area contributed by atoms with Gasteiger partial charge in [0.15, 0.2) is 0 Å². The molecule has 0 saturated heterocycles. The third-order valence-corrected chi connectivity index (χ3v) is 6.04. The summed E-state index contributed by atoms with van der Waals surface area (Å²) in [7, 11) is 0. The van der Waals surface area contributed by atoms with E-state index in [1.54, 1.807) is 42.5 Å². The predicted octanol–water partition coefficient (Wildman–Crippen LogP) is 4.19. The highest BCUT2D eigenvalue weighted by atomic mass is 32.1. The number of rotatable bonds is 6. The Morgan fingerprint density at radius 1 is 1.12 bits per heavy atom. The second-order valence-corrected chi connectivity index (χ2v) is 8.81. The van der Waals surface area contributed by atoms with Crippen LogP contribution in [0.1, 0.15) is 56.7 Å². The van der Waals surface area contributed by atoms with Crippen molar-refractivity contribution in [1.82, 2.24) is 14.6 Å². The van der Waals surface area contributed by atoms with Gasteiger partial charge in [-0.1, -0.05) is 55.0 Å². The number of benzene rings is 2. The summed E-state index contributed by atoms with van der Waals surface area (Å²) in [4.78, 5) is 42.6. The van der Waals surface area contributed by atoms with E-state index in [1.807, 2.05) is 26.8 Å². The number of anilines is 1. The average molecular weight is 463 g/mol. The van der Waals surface area contributed by atoms with Crippen molar-refractivity contribution < 1.29 is 14.3 Å². The van der Waals surface area contributed by atoms with Gasteiger partial charge in [-0.25, -0.2) is 9.78 Å². The molecule has 0 atom stereocenters. The molecule has 2 aromatic heterocycles. The number of carbonyl (C=O) groups is 2. The number of esters is 1. The standard InChI is InChI=1S/C24H22N4O4S/c1-14(2)22-27-28-20(29)12-17(25-24(28)33-22)13-32-23(31)18-9-4-5-10-19(18)26-21(30)16-8-6-7-15(3)11-16/h4-12,14H,13H2,1-3H3,(H,26,30). The molecule has 1 N–H and O–H groups in total. The van der Waals surface area contributed by atoms with Crippen molar-refractivity contribution in [3.63, 3.8) is 0 Å². The monoisotopic (exact) mass is 462 g/mol. The first-order valence-corrected chi connectivity index (χ1v) is 11.2. The van der Waals surface area contributed by atoms with Gasteiger partial charge in [0.1, 0.15) is 11.6 Å². The lowest BCUT2D eigenvalue weighted by Crippen LogP contribution is -2.18. The third-order valence-electron chi connectivity index (χ3n) is 4.83. The first-order valence-electron chi connectivity index (χ1n) is 10.4. The van der Waals surface area contributed by atoms with Crippen LogP contribution < -0.4 is 10.9 Å². The average Bonchev–Trinajstić information content (AvgIpc) is 3.23. The molecule has 2 aromatic carbocycles. The Labute approximate surface area is 193 Å². The second kappa shape index (κ2) is 9.33. The molecule has 0 aliphatic heterocycles. The molecule has 9 heteroatoms. The molecule has 0 radical (unpaired) electrons. The molecule has 0 aliphatic rings. The van der Waals surface area contributed by atoms with Gasteiger partial charge in [-0.2, -0.15) is 9.61 Å². The van der Waals surface area contributed by atoms with Crippen LogP contribution in [0.15, 0.2) is 59.4 Å². The van der Waals surface area contributed by atoms with Crippen molar-refractivity contribution in [2.75, 3.05) is 5.32 Å². The number of aromatic nitrogens is 3. The number of hydrogen-bond donors (Lipinski definition) is 1. The van der Waals surface area contributed by atoms with Crippen LogP contribution in [0.4, 0.5) is 5.69 Å². The van der Waals surface area contributed by atoms with E-state index in [0.717, 1.165) is 10.6 Å². The molecule has 168 valence electrons. The van der Waals surface area contributed by atoms with E-state index in [9.17, 15) is 14.4 Å². The summed E-state index contributed by atoms with van der Waals surface area (Å²) in [6.07, 6.45) is 0. The van der Waals surface area contributed by atoms with Crippen LogP contribution in [-0.2, 0) is 11.3 Å². The quantitative estimate of drug-likeness (QED) is 0.431. The van der Waals surface area contributed by atoms with Crippen molar-refractivity contribution in [2.24, 2.45) is 0 Å². The summed E-state index contributed by atoms with van der Waals surface area (Å²) in [5.74, 6) is -0.793. The maximum Gasteiger partial charge on any atom is 0.340 e. The molecular formula is C24H22N4O4S. The van der Waals surface area contributed by atoms with Gasteiger partial charge in [-0.15, -0.1) is 0 Å². The van der Waals surface area contributed by atoms with Crippen LogP contribution in [-0.4, -0.2) is 26.5 Å². The molecule has 2 heterocycles. The highest BCUT2D eigenvalue weighted by Crippen LogP contribution is 2.21. The lowest BCUT2D eigenvalue weighted by molar-refractivity contribution is 0.0469. The highest BCUT2D eigenvalue weighted by Gasteiger charge is 2.17. The van der Waals surface area contributed by atoms with Crippen LogP contribution >= 0.6 is 11.3 Å².